The monoisotopic (exact) mass is 283 g/mol. The molecule has 0 saturated heterocycles. The highest BCUT2D eigenvalue weighted by molar-refractivity contribution is 8.01. The lowest BCUT2D eigenvalue weighted by Crippen LogP contribution is -2.24. The van der Waals surface area contributed by atoms with Crippen LogP contribution in [0, 0.1) is 5.92 Å². The Morgan fingerprint density at radius 3 is 2.94 bits per heavy atom. The molecule has 18 heavy (non-hydrogen) atoms. The van der Waals surface area contributed by atoms with Crippen LogP contribution in [0.3, 0.4) is 0 Å². The summed E-state index contributed by atoms with van der Waals surface area (Å²) >= 11 is 3.01. The molecule has 1 aliphatic rings. The molecule has 0 atom stereocenters. The number of amides is 1. The van der Waals surface area contributed by atoms with Crippen molar-refractivity contribution in [1.82, 2.24) is 10.2 Å². The molecule has 0 unspecified atom stereocenters. The number of hydrogen-bond donors (Lipinski definition) is 1. The molecule has 1 aromatic heterocycles. The van der Waals surface area contributed by atoms with Crippen LogP contribution in [0.15, 0.2) is 17.0 Å². The molecule has 0 bridgehead atoms. The third-order valence-electron chi connectivity index (χ3n) is 2.94. The highest BCUT2D eigenvalue weighted by Gasteiger charge is 2.22. The predicted octanol–water partition coefficient (Wildman–Crippen LogP) is 3.34. The van der Waals surface area contributed by atoms with E-state index >= 15 is 0 Å². The van der Waals surface area contributed by atoms with Gasteiger partial charge in [-0.05, 0) is 12.8 Å². The van der Waals surface area contributed by atoms with Gasteiger partial charge in [0.05, 0.1) is 0 Å². The summed E-state index contributed by atoms with van der Waals surface area (Å²) in [4.78, 5) is 12.0. The molecule has 1 aromatic rings. The molecule has 0 radical (unpaired) electrons. The van der Waals surface area contributed by atoms with Crippen molar-refractivity contribution in [1.29, 1.82) is 0 Å². The zero-order valence-corrected chi connectivity index (χ0v) is 11.9. The van der Waals surface area contributed by atoms with Crippen molar-refractivity contribution < 1.29 is 4.79 Å². The van der Waals surface area contributed by atoms with E-state index in [4.69, 9.17) is 0 Å². The lowest BCUT2D eigenvalue weighted by atomic mass is 9.89. The molecule has 0 aromatic carbocycles. The number of hydrogen-bond acceptors (Lipinski definition) is 5. The van der Waals surface area contributed by atoms with Gasteiger partial charge < -0.3 is 5.32 Å². The van der Waals surface area contributed by atoms with Gasteiger partial charge in [-0.2, -0.15) is 0 Å². The van der Waals surface area contributed by atoms with Crippen molar-refractivity contribution in [2.45, 2.75) is 36.4 Å². The molecule has 4 nitrogen and oxygen atoms in total. The number of nitrogens with one attached hydrogen (secondary N) is 1. The summed E-state index contributed by atoms with van der Waals surface area (Å²) in [5.41, 5.74) is 0. The summed E-state index contributed by atoms with van der Waals surface area (Å²) in [5, 5.41) is 11.5. The maximum absolute atomic E-state index is 12.0. The Morgan fingerprint density at radius 2 is 2.22 bits per heavy atom. The van der Waals surface area contributed by atoms with Crippen LogP contribution in [0.4, 0.5) is 5.13 Å². The Bertz CT molecular complexity index is 413. The molecule has 2 rings (SSSR count). The number of rotatable bonds is 5. The van der Waals surface area contributed by atoms with Gasteiger partial charge in [-0.15, -0.1) is 16.8 Å². The van der Waals surface area contributed by atoms with Gasteiger partial charge in [-0.3, -0.25) is 4.79 Å². The second kappa shape index (κ2) is 6.89. The molecule has 6 heteroatoms. The normalized spacial score (nSPS) is 16.4. The van der Waals surface area contributed by atoms with Gasteiger partial charge in [0.15, 0.2) is 4.34 Å². The number of nitrogens with zero attached hydrogens (tertiary/aromatic N) is 2. The Balaban J connectivity index is 1.86. The summed E-state index contributed by atoms with van der Waals surface area (Å²) in [6.45, 7) is 3.66. The SMILES string of the molecule is C=CCSc1nnc(NC(=O)C2CCCCC2)s1. The third kappa shape index (κ3) is 3.81. The highest BCUT2D eigenvalue weighted by atomic mass is 32.2. The molecular weight excluding hydrogens is 266 g/mol. The standard InChI is InChI=1S/C12H17N3OS2/c1-2-8-17-12-15-14-11(18-12)13-10(16)9-6-4-3-5-7-9/h2,9H,1,3-8H2,(H,13,14,16). The van der Waals surface area contributed by atoms with Gasteiger partial charge in [0.2, 0.25) is 11.0 Å². The summed E-state index contributed by atoms with van der Waals surface area (Å²) in [6.07, 6.45) is 7.41. The van der Waals surface area contributed by atoms with Crippen molar-refractivity contribution in [3.63, 3.8) is 0 Å². The fraction of sp³-hybridized carbons (Fsp3) is 0.583. The zero-order valence-electron chi connectivity index (χ0n) is 10.2. The predicted molar refractivity (Wildman–Crippen MR) is 76.0 cm³/mol. The van der Waals surface area contributed by atoms with Crippen molar-refractivity contribution in [3.05, 3.63) is 12.7 Å². The van der Waals surface area contributed by atoms with E-state index in [9.17, 15) is 4.79 Å². The quantitative estimate of drug-likeness (QED) is 0.511. The second-order valence-electron chi connectivity index (χ2n) is 4.30. The maximum Gasteiger partial charge on any atom is 0.229 e. The first-order chi connectivity index (χ1) is 8.79. The summed E-state index contributed by atoms with van der Waals surface area (Å²) in [7, 11) is 0. The molecule has 1 N–H and O–H groups in total. The van der Waals surface area contributed by atoms with E-state index in [1.165, 1.54) is 17.8 Å². The Morgan fingerprint density at radius 1 is 1.44 bits per heavy atom. The summed E-state index contributed by atoms with van der Waals surface area (Å²) in [5.74, 6) is 1.07. The topological polar surface area (TPSA) is 54.9 Å². The minimum absolute atomic E-state index is 0.103. The van der Waals surface area contributed by atoms with E-state index in [0.717, 1.165) is 35.8 Å². The Hall–Kier alpha value is -0.880. The maximum atomic E-state index is 12.0. The first-order valence-electron chi connectivity index (χ1n) is 6.17. The number of carbonyl (C=O) groups excluding carboxylic acids is 1. The fourth-order valence-electron chi connectivity index (χ4n) is 2.02. The number of anilines is 1. The minimum atomic E-state index is 0.103. The number of aromatic nitrogens is 2. The molecule has 1 saturated carbocycles. The largest absolute Gasteiger partial charge is 0.300 e. The van der Waals surface area contributed by atoms with Gasteiger partial charge in [-0.25, -0.2) is 0 Å². The van der Waals surface area contributed by atoms with E-state index in [1.54, 1.807) is 11.8 Å². The van der Waals surface area contributed by atoms with Crippen LogP contribution < -0.4 is 5.32 Å². The first kappa shape index (κ1) is 13.5. The second-order valence-corrected chi connectivity index (χ2v) is 6.54. The number of thioether (sulfide) groups is 1. The van der Waals surface area contributed by atoms with Crippen LogP contribution in [-0.4, -0.2) is 21.9 Å². The Labute approximate surface area is 115 Å². The molecule has 1 heterocycles. The molecule has 1 fully saturated rings. The van der Waals surface area contributed by atoms with Crippen LogP contribution in [0.5, 0.6) is 0 Å². The summed E-state index contributed by atoms with van der Waals surface area (Å²) in [6, 6.07) is 0. The van der Waals surface area contributed by atoms with Crippen LogP contribution in [0.2, 0.25) is 0 Å². The highest BCUT2D eigenvalue weighted by Crippen LogP contribution is 2.28. The average Bonchev–Trinajstić information content (AvgIpc) is 2.85. The average molecular weight is 283 g/mol. The van der Waals surface area contributed by atoms with E-state index in [0.29, 0.717) is 5.13 Å². The Kier molecular flexibility index (Phi) is 5.19. The van der Waals surface area contributed by atoms with Crippen LogP contribution >= 0.6 is 23.1 Å². The lowest BCUT2D eigenvalue weighted by Gasteiger charge is -2.19. The lowest BCUT2D eigenvalue weighted by molar-refractivity contribution is -0.120. The van der Waals surface area contributed by atoms with E-state index < -0.39 is 0 Å². The fourth-order valence-corrected chi connectivity index (χ4v) is 3.54. The number of carbonyl (C=O) groups is 1. The van der Waals surface area contributed by atoms with Crippen LogP contribution in [0.25, 0.3) is 0 Å². The van der Waals surface area contributed by atoms with Crippen molar-refractivity contribution in [2.24, 2.45) is 5.92 Å². The first-order valence-corrected chi connectivity index (χ1v) is 7.98. The van der Waals surface area contributed by atoms with Gasteiger partial charge in [0.1, 0.15) is 0 Å². The molecular formula is C12H17N3OS2. The van der Waals surface area contributed by atoms with Crippen molar-refractivity contribution in [3.8, 4) is 0 Å². The minimum Gasteiger partial charge on any atom is -0.300 e. The molecule has 1 amide bonds. The van der Waals surface area contributed by atoms with Gasteiger partial charge in [0.25, 0.3) is 0 Å². The van der Waals surface area contributed by atoms with Gasteiger partial charge in [0, 0.05) is 11.7 Å². The van der Waals surface area contributed by atoms with Crippen molar-refractivity contribution in [2.75, 3.05) is 11.1 Å². The van der Waals surface area contributed by atoms with Gasteiger partial charge >= 0.3 is 0 Å². The summed E-state index contributed by atoms with van der Waals surface area (Å²) < 4.78 is 0.869. The van der Waals surface area contributed by atoms with E-state index in [-0.39, 0.29) is 11.8 Å². The smallest absolute Gasteiger partial charge is 0.229 e. The van der Waals surface area contributed by atoms with Gasteiger partial charge in [-0.1, -0.05) is 48.4 Å². The van der Waals surface area contributed by atoms with Crippen molar-refractivity contribution >= 4 is 34.1 Å². The molecule has 98 valence electrons. The van der Waals surface area contributed by atoms with Crippen LogP contribution in [0.1, 0.15) is 32.1 Å². The molecule has 0 spiro atoms. The van der Waals surface area contributed by atoms with Crippen LogP contribution in [-0.2, 0) is 4.79 Å². The van der Waals surface area contributed by atoms with E-state index in [1.807, 2.05) is 6.08 Å². The van der Waals surface area contributed by atoms with E-state index in [2.05, 4.69) is 22.1 Å². The molecule has 1 aliphatic carbocycles. The molecule has 0 aliphatic heterocycles. The zero-order chi connectivity index (χ0) is 12.8. The third-order valence-corrected chi connectivity index (χ3v) is 4.91.